The van der Waals surface area contributed by atoms with Gasteiger partial charge in [-0.3, -0.25) is 0 Å². The maximum atomic E-state index is 5.28. The Bertz CT molecular complexity index is 124. The molecule has 0 saturated carbocycles. The van der Waals surface area contributed by atoms with Gasteiger partial charge < -0.3 is 12.7 Å². The summed E-state index contributed by atoms with van der Waals surface area (Å²) < 4.78 is 10.3. The molecule has 1 rings (SSSR count). The summed E-state index contributed by atoms with van der Waals surface area (Å²) in [7, 11) is 1.76. The lowest BCUT2D eigenvalue weighted by atomic mass is 10.1. The van der Waals surface area contributed by atoms with Crippen LogP contribution in [0.3, 0.4) is 0 Å². The van der Waals surface area contributed by atoms with Crippen molar-refractivity contribution in [3.63, 3.8) is 0 Å². The number of hydrogen-bond donors (Lipinski definition) is 0. The Morgan fingerprint density at radius 2 is 2.08 bits per heavy atom. The highest BCUT2D eigenvalue weighted by atomic mass is 127. The third-order valence-corrected chi connectivity index (χ3v) is 3.20. The zero-order valence-electron chi connectivity index (χ0n) is 8.17. The minimum atomic E-state index is 0.485. The lowest BCUT2D eigenvalue weighted by molar-refractivity contribution is 0.119. The lowest BCUT2D eigenvalue weighted by Gasteiger charge is -2.30. The van der Waals surface area contributed by atoms with Crippen LogP contribution in [0.15, 0.2) is 0 Å². The van der Waals surface area contributed by atoms with Gasteiger partial charge in [0.05, 0.1) is 6.10 Å². The van der Waals surface area contributed by atoms with Crippen molar-refractivity contribution in [2.75, 3.05) is 33.4 Å². The highest BCUT2D eigenvalue weighted by molar-refractivity contribution is 14.1. The molecule has 1 aliphatic heterocycles. The van der Waals surface area contributed by atoms with Gasteiger partial charge in [0.25, 0.3) is 0 Å². The number of halogens is 1. The van der Waals surface area contributed by atoms with Crippen LogP contribution in [0.2, 0.25) is 0 Å². The molecule has 0 radical (unpaired) electrons. The van der Waals surface area contributed by atoms with E-state index in [-0.39, 0.29) is 0 Å². The van der Waals surface area contributed by atoms with E-state index in [1.54, 1.807) is 7.11 Å². The molecule has 1 fully saturated rings. The summed E-state index contributed by atoms with van der Waals surface area (Å²) in [6, 6.07) is 0. The Hall–Kier alpha value is 0.610. The van der Waals surface area contributed by atoms with E-state index in [2.05, 4.69) is 4.90 Å². The summed E-state index contributed by atoms with van der Waals surface area (Å²) in [5, 5.41) is 0. The number of piperidine rings is 1. The second kappa shape index (κ2) is 6.98. The van der Waals surface area contributed by atoms with Gasteiger partial charge in [-0.05, 0) is 19.3 Å². The third-order valence-electron chi connectivity index (χ3n) is 2.48. The minimum Gasteiger partial charge on any atom is -0.385 e. The first kappa shape index (κ1) is 11.7. The SMILES string of the molecule is COCCCN1CCC(OI)CC1. The molecule has 0 aromatic heterocycles. The van der Waals surface area contributed by atoms with Gasteiger partial charge in [0.15, 0.2) is 0 Å². The molecule has 78 valence electrons. The third kappa shape index (κ3) is 4.58. The van der Waals surface area contributed by atoms with E-state index >= 15 is 0 Å². The quantitative estimate of drug-likeness (QED) is 0.571. The molecule has 1 aliphatic rings. The molecular weight excluding hydrogens is 281 g/mol. The van der Waals surface area contributed by atoms with Crippen LogP contribution in [0, 0.1) is 0 Å². The topological polar surface area (TPSA) is 21.7 Å². The van der Waals surface area contributed by atoms with E-state index in [1.807, 2.05) is 23.0 Å². The van der Waals surface area contributed by atoms with Crippen molar-refractivity contribution >= 4 is 23.0 Å². The Kier molecular flexibility index (Phi) is 6.27. The van der Waals surface area contributed by atoms with Gasteiger partial charge in [0.2, 0.25) is 0 Å². The summed E-state index contributed by atoms with van der Waals surface area (Å²) in [6.45, 7) is 4.40. The predicted octanol–water partition coefficient (Wildman–Crippen LogP) is 1.85. The molecule has 0 aromatic rings. The molecule has 1 saturated heterocycles. The van der Waals surface area contributed by atoms with Crippen LogP contribution in [0.25, 0.3) is 0 Å². The largest absolute Gasteiger partial charge is 0.385 e. The second-order valence-corrected chi connectivity index (χ2v) is 3.98. The molecule has 13 heavy (non-hydrogen) atoms. The van der Waals surface area contributed by atoms with Crippen molar-refractivity contribution in [2.45, 2.75) is 25.4 Å². The highest BCUT2D eigenvalue weighted by Gasteiger charge is 2.18. The molecule has 0 atom stereocenters. The average Bonchev–Trinajstić information content (AvgIpc) is 2.19. The van der Waals surface area contributed by atoms with Crippen molar-refractivity contribution in [3.05, 3.63) is 0 Å². The first-order valence-corrected chi connectivity index (χ1v) is 5.73. The molecule has 3 nitrogen and oxygen atoms in total. The number of ether oxygens (including phenoxy) is 1. The van der Waals surface area contributed by atoms with E-state index in [0.29, 0.717) is 6.10 Å². The van der Waals surface area contributed by atoms with E-state index in [1.165, 1.54) is 32.5 Å². The van der Waals surface area contributed by atoms with Crippen molar-refractivity contribution in [1.82, 2.24) is 4.90 Å². The Morgan fingerprint density at radius 3 is 2.62 bits per heavy atom. The molecule has 0 N–H and O–H groups in total. The van der Waals surface area contributed by atoms with E-state index < -0.39 is 0 Å². The molecule has 4 heteroatoms. The van der Waals surface area contributed by atoms with Crippen molar-refractivity contribution in [1.29, 1.82) is 0 Å². The lowest BCUT2D eigenvalue weighted by Crippen LogP contribution is -2.36. The van der Waals surface area contributed by atoms with Gasteiger partial charge in [-0.2, -0.15) is 0 Å². The molecule has 0 amide bonds. The second-order valence-electron chi connectivity index (χ2n) is 3.48. The van der Waals surface area contributed by atoms with Crippen LogP contribution in [0.5, 0.6) is 0 Å². The first-order valence-electron chi connectivity index (χ1n) is 4.85. The summed E-state index contributed by atoms with van der Waals surface area (Å²) in [6.07, 6.45) is 3.98. The van der Waals surface area contributed by atoms with Crippen molar-refractivity contribution in [3.8, 4) is 0 Å². The van der Waals surface area contributed by atoms with Crippen LogP contribution >= 0.6 is 23.0 Å². The fourth-order valence-corrected chi connectivity index (χ4v) is 2.16. The fourth-order valence-electron chi connectivity index (χ4n) is 1.65. The molecule has 0 bridgehead atoms. The Morgan fingerprint density at radius 1 is 1.38 bits per heavy atom. The molecule has 0 aromatic carbocycles. The van der Waals surface area contributed by atoms with E-state index in [0.717, 1.165) is 13.0 Å². The molecule has 0 spiro atoms. The van der Waals surface area contributed by atoms with Crippen LogP contribution in [0.4, 0.5) is 0 Å². The summed E-state index contributed by atoms with van der Waals surface area (Å²) in [4.78, 5) is 2.49. The number of nitrogens with zero attached hydrogens (tertiary/aromatic N) is 1. The zero-order valence-corrected chi connectivity index (χ0v) is 10.3. The first-order chi connectivity index (χ1) is 6.36. The number of hydrogen-bond acceptors (Lipinski definition) is 3. The van der Waals surface area contributed by atoms with Gasteiger partial charge in [-0.25, -0.2) is 0 Å². The normalized spacial score (nSPS) is 20.8. The van der Waals surface area contributed by atoms with Crippen LogP contribution in [-0.2, 0) is 7.80 Å². The highest BCUT2D eigenvalue weighted by Crippen LogP contribution is 2.15. The van der Waals surface area contributed by atoms with Gasteiger partial charge in [0.1, 0.15) is 23.0 Å². The monoisotopic (exact) mass is 299 g/mol. The van der Waals surface area contributed by atoms with Crippen LogP contribution in [-0.4, -0.2) is 44.4 Å². The summed E-state index contributed by atoms with van der Waals surface area (Å²) in [5.74, 6) is 0. The average molecular weight is 299 g/mol. The number of methoxy groups -OCH3 is 1. The summed E-state index contributed by atoms with van der Waals surface area (Å²) >= 11 is 2.01. The van der Waals surface area contributed by atoms with Crippen molar-refractivity contribution in [2.24, 2.45) is 0 Å². The number of rotatable bonds is 5. The van der Waals surface area contributed by atoms with E-state index in [9.17, 15) is 0 Å². The van der Waals surface area contributed by atoms with Crippen molar-refractivity contribution < 1.29 is 7.80 Å². The van der Waals surface area contributed by atoms with Gasteiger partial charge in [-0.1, -0.05) is 0 Å². The fraction of sp³-hybridized carbons (Fsp3) is 1.00. The molecule has 0 aliphatic carbocycles. The van der Waals surface area contributed by atoms with Gasteiger partial charge in [-0.15, -0.1) is 0 Å². The minimum absolute atomic E-state index is 0.485. The molecule has 0 unspecified atom stereocenters. The Balaban J connectivity index is 2.03. The smallest absolute Gasteiger partial charge is 0.110 e. The van der Waals surface area contributed by atoms with Gasteiger partial charge >= 0.3 is 0 Å². The molecular formula is C9H18INO2. The van der Waals surface area contributed by atoms with Crippen LogP contribution < -0.4 is 0 Å². The maximum absolute atomic E-state index is 5.28. The zero-order chi connectivity index (χ0) is 9.52. The predicted molar refractivity (Wildman–Crippen MR) is 61.1 cm³/mol. The molecule has 1 heterocycles. The number of likely N-dealkylation sites (tertiary alicyclic amines) is 1. The summed E-state index contributed by atoms with van der Waals surface area (Å²) in [5.41, 5.74) is 0. The van der Waals surface area contributed by atoms with E-state index in [4.69, 9.17) is 7.80 Å². The standard InChI is InChI=1S/C9H18INO2/c1-12-8-2-5-11-6-3-9(13-10)4-7-11/h9H,2-8H2,1H3. The maximum Gasteiger partial charge on any atom is 0.110 e. The Labute approximate surface area is 94.5 Å². The van der Waals surface area contributed by atoms with Gasteiger partial charge in [0, 0.05) is 33.4 Å². The van der Waals surface area contributed by atoms with Crippen LogP contribution in [0.1, 0.15) is 19.3 Å².